The number of H-pyrrole nitrogens is 1. The van der Waals surface area contributed by atoms with Crippen molar-refractivity contribution < 1.29 is 9.59 Å². The predicted molar refractivity (Wildman–Crippen MR) is 153 cm³/mol. The zero-order chi connectivity index (χ0) is 25.6. The van der Waals surface area contributed by atoms with Gasteiger partial charge in [0.05, 0.1) is 24.0 Å². The number of ketones is 1. The number of hydrogen-bond acceptors (Lipinski definition) is 7. The Labute approximate surface area is 235 Å². The molecule has 2 atom stereocenters. The highest BCUT2D eigenvalue weighted by molar-refractivity contribution is 7.13. The second kappa shape index (κ2) is 10.6. The number of amides is 1. The van der Waals surface area contributed by atoms with Crippen LogP contribution < -0.4 is 16.0 Å². The lowest BCUT2D eigenvalue weighted by Crippen LogP contribution is -2.64. The Balaban J connectivity index is 0.00000294. The van der Waals surface area contributed by atoms with Gasteiger partial charge in [0.1, 0.15) is 5.54 Å². The number of pyridine rings is 1. The fourth-order valence-corrected chi connectivity index (χ4v) is 6.63. The molecule has 0 spiro atoms. The summed E-state index contributed by atoms with van der Waals surface area (Å²) in [4.78, 5) is 42.3. The average Bonchev–Trinajstić information content (AvgIpc) is 3.53. The minimum Gasteiger partial charge on any atom is -0.366 e. The maximum Gasteiger partial charge on any atom is 0.280 e. The standard InChI is InChI=1S/C27H27ClN6O2S.ClH/c28-17-5-4-16-13-21(31-20(16)14-17)24(35)27(29)9-2-1-3-23(27)33-25(36)26-32-19-8-12-34(15-22(19)37-26)18-6-10-30-11-7-18;/h4-7,10-11,13-14,23,31H,1-3,8-9,12,15,29H2,(H,33,36);1H. The van der Waals surface area contributed by atoms with Gasteiger partial charge in [0.15, 0.2) is 5.01 Å². The van der Waals surface area contributed by atoms with Crippen molar-refractivity contribution >= 4 is 63.6 Å². The number of carbonyl (C=O) groups excluding carboxylic acids is 2. The molecular formula is C27H28Cl2N6O2S. The summed E-state index contributed by atoms with van der Waals surface area (Å²) in [6, 6.07) is 10.7. The van der Waals surface area contributed by atoms with Crippen LogP contribution in [0.1, 0.15) is 56.5 Å². The Morgan fingerprint density at radius 3 is 2.82 bits per heavy atom. The third-order valence-corrected chi connectivity index (χ3v) is 8.78. The van der Waals surface area contributed by atoms with Gasteiger partial charge in [-0.3, -0.25) is 14.6 Å². The zero-order valence-electron chi connectivity index (χ0n) is 20.6. The zero-order valence-corrected chi connectivity index (χ0v) is 23.0. The lowest BCUT2D eigenvalue weighted by molar-refractivity contribution is 0.0755. The van der Waals surface area contributed by atoms with Crippen LogP contribution in [0.25, 0.3) is 10.9 Å². The summed E-state index contributed by atoms with van der Waals surface area (Å²) in [5, 5.41) is 4.98. The number of thiazole rings is 1. The largest absolute Gasteiger partial charge is 0.366 e. The molecule has 0 radical (unpaired) electrons. The predicted octanol–water partition coefficient (Wildman–Crippen LogP) is 4.91. The fourth-order valence-electron chi connectivity index (χ4n) is 5.43. The van der Waals surface area contributed by atoms with Gasteiger partial charge in [-0.05, 0) is 43.2 Å². The van der Waals surface area contributed by atoms with E-state index in [2.05, 4.69) is 25.2 Å². The van der Waals surface area contributed by atoms with Crippen molar-refractivity contribution in [3.63, 3.8) is 0 Å². The van der Waals surface area contributed by atoms with E-state index in [1.54, 1.807) is 30.6 Å². The van der Waals surface area contributed by atoms with Crippen molar-refractivity contribution in [3.05, 3.63) is 75.1 Å². The molecule has 2 aliphatic rings. The number of Topliss-reactive ketones (excluding diaryl/α,β-unsaturated/α-hetero) is 1. The number of anilines is 1. The Kier molecular flexibility index (Phi) is 7.46. The molecule has 1 aliphatic heterocycles. The van der Waals surface area contributed by atoms with E-state index in [9.17, 15) is 9.59 Å². The summed E-state index contributed by atoms with van der Waals surface area (Å²) in [5.74, 6) is -0.468. The molecule has 1 fully saturated rings. The van der Waals surface area contributed by atoms with Crippen LogP contribution in [0.2, 0.25) is 5.02 Å². The number of nitrogens with two attached hydrogens (primary N) is 1. The van der Waals surface area contributed by atoms with Gasteiger partial charge in [-0.2, -0.15) is 0 Å². The van der Waals surface area contributed by atoms with Crippen LogP contribution in [0.3, 0.4) is 0 Å². The Bertz CT molecular complexity index is 1490. The van der Waals surface area contributed by atoms with Crippen molar-refractivity contribution in [3.8, 4) is 0 Å². The van der Waals surface area contributed by atoms with E-state index in [-0.39, 0.29) is 24.1 Å². The molecule has 1 aromatic carbocycles. The SMILES string of the molecule is Cl.NC1(C(=O)c2cc3ccc(Cl)cc3[nH]2)CCCCC1NC(=O)c1nc2c(s1)CN(c1ccncc1)CC2. The number of nitrogens with one attached hydrogen (secondary N) is 2. The molecule has 4 aromatic rings. The van der Waals surface area contributed by atoms with Gasteiger partial charge in [-0.15, -0.1) is 23.7 Å². The molecule has 2 unspecified atom stereocenters. The number of rotatable bonds is 5. The Morgan fingerprint density at radius 2 is 2.00 bits per heavy atom. The van der Waals surface area contributed by atoms with Crippen molar-refractivity contribution in [2.45, 2.75) is 50.2 Å². The molecule has 4 heterocycles. The normalized spacial score (nSPS) is 21.0. The van der Waals surface area contributed by atoms with Crippen LogP contribution >= 0.6 is 35.3 Å². The summed E-state index contributed by atoms with van der Waals surface area (Å²) >= 11 is 7.53. The van der Waals surface area contributed by atoms with E-state index in [0.717, 1.165) is 53.0 Å². The van der Waals surface area contributed by atoms with Crippen LogP contribution in [0.4, 0.5) is 5.69 Å². The van der Waals surface area contributed by atoms with E-state index in [1.165, 1.54) is 11.3 Å². The first-order valence-corrected chi connectivity index (χ1v) is 13.7. The van der Waals surface area contributed by atoms with E-state index < -0.39 is 11.6 Å². The van der Waals surface area contributed by atoms with E-state index in [0.29, 0.717) is 35.1 Å². The summed E-state index contributed by atoms with van der Waals surface area (Å²) in [6.07, 6.45) is 7.21. The molecule has 11 heteroatoms. The Hall–Kier alpha value is -2.98. The molecule has 1 aliphatic carbocycles. The van der Waals surface area contributed by atoms with Gasteiger partial charge in [-0.1, -0.05) is 30.5 Å². The summed E-state index contributed by atoms with van der Waals surface area (Å²) in [7, 11) is 0. The molecule has 198 valence electrons. The minimum atomic E-state index is -1.20. The number of hydrogen-bond donors (Lipinski definition) is 3. The van der Waals surface area contributed by atoms with Gasteiger partial charge in [0.25, 0.3) is 5.91 Å². The number of benzene rings is 1. The van der Waals surface area contributed by atoms with E-state index >= 15 is 0 Å². The van der Waals surface area contributed by atoms with Crippen LogP contribution in [0.5, 0.6) is 0 Å². The minimum absolute atomic E-state index is 0. The molecule has 0 bridgehead atoms. The smallest absolute Gasteiger partial charge is 0.280 e. The van der Waals surface area contributed by atoms with Crippen LogP contribution in [-0.2, 0) is 13.0 Å². The average molecular weight is 572 g/mol. The number of aromatic amines is 1. The molecule has 1 saturated carbocycles. The second-order valence-corrected chi connectivity index (χ2v) is 11.3. The second-order valence-electron chi connectivity index (χ2n) is 9.82. The molecular weight excluding hydrogens is 543 g/mol. The first-order chi connectivity index (χ1) is 17.9. The first kappa shape index (κ1) is 26.6. The third kappa shape index (κ3) is 4.91. The number of aromatic nitrogens is 3. The highest BCUT2D eigenvalue weighted by Gasteiger charge is 2.45. The van der Waals surface area contributed by atoms with Crippen molar-refractivity contribution in [2.75, 3.05) is 11.4 Å². The molecule has 4 N–H and O–H groups in total. The molecule has 1 amide bonds. The maximum absolute atomic E-state index is 13.7. The molecule has 0 saturated heterocycles. The lowest BCUT2D eigenvalue weighted by Gasteiger charge is -2.39. The number of carbonyl (C=O) groups is 2. The Morgan fingerprint density at radius 1 is 1.18 bits per heavy atom. The number of halogens is 2. The number of fused-ring (bicyclic) bond motifs is 2. The summed E-state index contributed by atoms with van der Waals surface area (Å²) < 4.78 is 0. The highest BCUT2D eigenvalue weighted by Crippen LogP contribution is 2.33. The van der Waals surface area contributed by atoms with Crippen molar-refractivity contribution in [2.24, 2.45) is 5.73 Å². The topological polar surface area (TPSA) is 117 Å². The molecule has 38 heavy (non-hydrogen) atoms. The number of nitrogens with zero attached hydrogens (tertiary/aromatic N) is 3. The maximum atomic E-state index is 13.7. The van der Waals surface area contributed by atoms with Crippen LogP contribution in [-0.4, -0.2) is 44.8 Å². The van der Waals surface area contributed by atoms with Crippen LogP contribution in [0, 0.1) is 0 Å². The monoisotopic (exact) mass is 570 g/mol. The highest BCUT2D eigenvalue weighted by atomic mass is 35.5. The van der Waals surface area contributed by atoms with Crippen LogP contribution in [0.15, 0.2) is 48.8 Å². The summed E-state index contributed by atoms with van der Waals surface area (Å²) in [5.41, 5.74) is 8.88. The van der Waals surface area contributed by atoms with Gasteiger partial charge in [-0.25, -0.2) is 4.98 Å². The van der Waals surface area contributed by atoms with Crippen molar-refractivity contribution in [1.29, 1.82) is 0 Å². The summed E-state index contributed by atoms with van der Waals surface area (Å²) in [6.45, 7) is 1.54. The van der Waals surface area contributed by atoms with Gasteiger partial charge in [0.2, 0.25) is 5.78 Å². The van der Waals surface area contributed by atoms with E-state index in [4.69, 9.17) is 17.3 Å². The quantitative estimate of drug-likeness (QED) is 0.293. The third-order valence-electron chi connectivity index (χ3n) is 7.47. The molecule has 3 aromatic heterocycles. The van der Waals surface area contributed by atoms with E-state index in [1.807, 2.05) is 18.2 Å². The van der Waals surface area contributed by atoms with Gasteiger partial charge in [0, 0.05) is 51.8 Å². The lowest BCUT2D eigenvalue weighted by atomic mass is 9.74. The van der Waals surface area contributed by atoms with Gasteiger partial charge >= 0.3 is 0 Å². The van der Waals surface area contributed by atoms with Crippen molar-refractivity contribution in [1.82, 2.24) is 20.3 Å². The first-order valence-electron chi connectivity index (χ1n) is 12.5. The molecule has 6 rings (SSSR count). The molecule has 8 nitrogen and oxygen atoms in total. The fraction of sp³-hybridized carbons (Fsp3) is 0.333. The van der Waals surface area contributed by atoms with Gasteiger partial charge < -0.3 is 20.9 Å².